The number of anilines is 1. The van der Waals surface area contributed by atoms with Crippen molar-refractivity contribution >= 4 is 22.9 Å². The van der Waals surface area contributed by atoms with Gasteiger partial charge in [-0.15, -0.1) is 0 Å². The van der Waals surface area contributed by atoms with Crippen molar-refractivity contribution in [1.29, 1.82) is 0 Å². The van der Waals surface area contributed by atoms with Crippen LogP contribution < -0.4 is 29.6 Å². The third-order valence-electron chi connectivity index (χ3n) is 5.30. The molecule has 11 heteroatoms. The fourth-order valence-electron chi connectivity index (χ4n) is 3.22. The van der Waals surface area contributed by atoms with Crippen molar-refractivity contribution in [2.75, 3.05) is 32.7 Å². The van der Waals surface area contributed by atoms with E-state index in [1.54, 1.807) is 5.38 Å². The Bertz CT molecular complexity index is 1200. The Balaban J connectivity index is 1.74. The number of rotatable bonds is 11. The number of thiazole rings is 1. The van der Waals surface area contributed by atoms with Crippen molar-refractivity contribution in [3.8, 4) is 28.7 Å². The molecule has 2 heterocycles. The van der Waals surface area contributed by atoms with Crippen LogP contribution in [0.15, 0.2) is 23.6 Å². The van der Waals surface area contributed by atoms with E-state index in [9.17, 15) is 4.79 Å². The molecule has 0 unspecified atom stereocenters. The van der Waals surface area contributed by atoms with Crippen molar-refractivity contribution in [2.45, 2.75) is 53.0 Å². The molecule has 2 aromatic heterocycles. The summed E-state index contributed by atoms with van der Waals surface area (Å²) in [5, 5.41) is 7.95. The molecule has 0 aliphatic heterocycles. The number of hydrogen-bond acceptors (Lipinski definition) is 10. The minimum atomic E-state index is -0.485. The molecule has 0 aliphatic carbocycles. The summed E-state index contributed by atoms with van der Waals surface area (Å²) >= 11 is 1.23. The molecule has 0 fully saturated rings. The number of aryl methyl sites for hydroxylation is 1. The maximum absolute atomic E-state index is 13.0. The monoisotopic (exact) mass is 529 g/mol. The average Bonchev–Trinajstić information content (AvgIpc) is 3.31. The highest BCUT2D eigenvalue weighted by molar-refractivity contribution is 7.11. The van der Waals surface area contributed by atoms with Gasteiger partial charge in [-0.1, -0.05) is 58.1 Å². The molecule has 0 atom stereocenters. The zero-order valence-electron chi connectivity index (χ0n) is 22.6. The molecular weight excluding hydrogens is 494 g/mol. The van der Waals surface area contributed by atoms with Gasteiger partial charge in [0, 0.05) is 18.0 Å². The second-order valence-electron chi connectivity index (χ2n) is 9.64. The van der Waals surface area contributed by atoms with Crippen LogP contribution in [0.1, 0.15) is 56.2 Å². The minimum Gasteiger partial charge on any atom is -0.479 e. The van der Waals surface area contributed by atoms with Gasteiger partial charge in [-0.3, -0.25) is 4.79 Å². The maximum Gasteiger partial charge on any atom is 0.323 e. The van der Waals surface area contributed by atoms with Crippen LogP contribution in [0.2, 0.25) is 0 Å². The van der Waals surface area contributed by atoms with E-state index in [2.05, 4.69) is 52.4 Å². The first-order valence-electron chi connectivity index (χ1n) is 11.9. The zero-order valence-corrected chi connectivity index (χ0v) is 23.4. The van der Waals surface area contributed by atoms with E-state index in [0.29, 0.717) is 30.1 Å². The molecule has 10 nitrogen and oxygen atoms in total. The fraction of sp³-hybridized carbons (Fsp3) is 0.462. The lowest BCUT2D eigenvalue weighted by Gasteiger charge is -2.20. The average molecular weight is 530 g/mol. The number of methoxy groups -OCH3 is 2. The molecule has 0 aliphatic rings. The molecule has 0 radical (unpaired) electrons. The molecule has 0 bridgehead atoms. The predicted molar refractivity (Wildman–Crippen MR) is 144 cm³/mol. The van der Waals surface area contributed by atoms with E-state index in [-0.39, 0.29) is 34.6 Å². The smallest absolute Gasteiger partial charge is 0.323 e. The summed E-state index contributed by atoms with van der Waals surface area (Å²) < 4.78 is 22.3. The molecule has 0 spiro atoms. The number of carbonyl (C=O) groups is 1. The number of carbonyl (C=O) groups excluding carboxylic acids is 1. The summed E-state index contributed by atoms with van der Waals surface area (Å²) in [6, 6.07) is 6.52. The highest BCUT2D eigenvalue weighted by Crippen LogP contribution is 2.35. The normalized spacial score (nSPS) is 11.4. The largest absolute Gasteiger partial charge is 0.479 e. The summed E-state index contributed by atoms with van der Waals surface area (Å²) in [5.74, 6) is 0.424. The lowest BCUT2D eigenvalue weighted by molar-refractivity contribution is 0.102. The quantitative estimate of drug-likeness (QED) is 0.332. The third kappa shape index (κ3) is 7.53. The Morgan fingerprint density at radius 1 is 1.08 bits per heavy atom. The molecule has 3 aromatic rings. The topological polar surface area (TPSA) is 117 Å². The molecular formula is C26H35N5O5S. The van der Waals surface area contributed by atoms with Crippen molar-refractivity contribution in [1.82, 2.24) is 20.3 Å². The number of hydrogen-bond donors (Lipinski definition) is 2. The summed E-state index contributed by atoms with van der Waals surface area (Å²) in [5.41, 5.74) is 2.44. The first-order valence-corrected chi connectivity index (χ1v) is 12.8. The van der Waals surface area contributed by atoms with Gasteiger partial charge in [0.25, 0.3) is 11.1 Å². The molecule has 1 aromatic carbocycles. The Morgan fingerprint density at radius 3 is 2.35 bits per heavy atom. The van der Waals surface area contributed by atoms with Crippen LogP contribution in [0.3, 0.4) is 0 Å². The van der Waals surface area contributed by atoms with Gasteiger partial charge in [0.2, 0.25) is 11.8 Å². The molecule has 0 saturated carbocycles. The van der Waals surface area contributed by atoms with Crippen molar-refractivity contribution in [2.24, 2.45) is 0 Å². The maximum atomic E-state index is 13.0. The number of nitrogens with one attached hydrogen (secondary N) is 2. The van der Waals surface area contributed by atoms with Crippen LogP contribution in [0.4, 0.5) is 5.69 Å². The first-order chi connectivity index (χ1) is 17.5. The summed E-state index contributed by atoms with van der Waals surface area (Å²) in [6.07, 6.45) is 0. The molecule has 2 N–H and O–H groups in total. The lowest BCUT2D eigenvalue weighted by atomic mass is 9.86. The standard InChI is InChI=1S/C26H35N5O5S/c1-15(2)27-11-12-35-24-30-22(33-7)20(23(31-24)34-8)29-21(32)18-14-37-25(28-18)36-19-13-17(26(4,5)6)10-9-16(19)3/h9-10,13-15,27H,11-12H2,1-8H3,(H,29,32). The van der Waals surface area contributed by atoms with Crippen LogP contribution in [-0.2, 0) is 5.41 Å². The van der Waals surface area contributed by atoms with Crippen LogP contribution >= 0.6 is 11.3 Å². The van der Waals surface area contributed by atoms with Crippen LogP contribution in [0, 0.1) is 6.92 Å². The first kappa shape index (κ1) is 28.1. The second kappa shape index (κ2) is 12.2. The fourth-order valence-corrected chi connectivity index (χ4v) is 3.88. The van der Waals surface area contributed by atoms with E-state index in [4.69, 9.17) is 18.9 Å². The molecule has 200 valence electrons. The van der Waals surface area contributed by atoms with Crippen LogP contribution in [0.25, 0.3) is 0 Å². The Kier molecular flexibility index (Phi) is 9.28. The van der Waals surface area contributed by atoms with E-state index in [0.717, 1.165) is 11.1 Å². The van der Waals surface area contributed by atoms with Crippen molar-refractivity contribution in [3.05, 3.63) is 40.4 Å². The van der Waals surface area contributed by atoms with Gasteiger partial charge >= 0.3 is 6.01 Å². The van der Waals surface area contributed by atoms with E-state index in [1.807, 2.05) is 32.9 Å². The van der Waals surface area contributed by atoms with E-state index >= 15 is 0 Å². The van der Waals surface area contributed by atoms with Crippen molar-refractivity contribution < 1.29 is 23.7 Å². The molecule has 1 amide bonds. The SMILES string of the molecule is COc1nc(OCCNC(C)C)nc(OC)c1NC(=O)c1csc(Oc2cc(C(C)(C)C)ccc2C)n1. The second-order valence-corrected chi connectivity index (χ2v) is 10.5. The number of amides is 1. The number of aromatic nitrogens is 3. The van der Waals surface area contributed by atoms with Crippen LogP contribution in [0.5, 0.6) is 28.7 Å². The third-order valence-corrected chi connectivity index (χ3v) is 6.02. The van der Waals surface area contributed by atoms with E-state index < -0.39 is 5.91 Å². The predicted octanol–water partition coefficient (Wildman–Crippen LogP) is 4.98. The summed E-state index contributed by atoms with van der Waals surface area (Å²) in [4.78, 5) is 25.8. The highest BCUT2D eigenvalue weighted by Gasteiger charge is 2.22. The minimum absolute atomic E-state index is 0.0223. The number of nitrogens with zero attached hydrogens (tertiary/aromatic N) is 3. The zero-order chi connectivity index (χ0) is 27.2. The van der Waals surface area contributed by atoms with E-state index in [1.165, 1.54) is 25.6 Å². The van der Waals surface area contributed by atoms with Gasteiger partial charge in [-0.25, -0.2) is 0 Å². The van der Waals surface area contributed by atoms with Gasteiger partial charge in [0.15, 0.2) is 5.69 Å². The summed E-state index contributed by atoms with van der Waals surface area (Å²) in [7, 11) is 2.87. The Labute approximate surface area is 221 Å². The van der Waals surface area contributed by atoms with Gasteiger partial charge in [-0.05, 0) is 29.5 Å². The van der Waals surface area contributed by atoms with Gasteiger partial charge in [0.05, 0.1) is 14.2 Å². The molecule has 37 heavy (non-hydrogen) atoms. The Hall–Kier alpha value is -3.44. The van der Waals surface area contributed by atoms with Gasteiger partial charge < -0.3 is 29.6 Å². The molecule has 3 rings (SSSR count). The van der Waals surface area contributed by atoms with Gasteiger partial charge in [0.1, 0.15) is 18.1 Å². The van der Waals surface area contributed by atoms with Gasteiger partial charge in [-0.2, -0.15) is 15.0 Å². The van der Waals surface area contributed by atoms with Crippen molar-refractivity contribution in [3.63, 3.8) is 0 Å². The lowest BCUT2D eigenvalue weighted by Crippen LogP contribution is -2.27. The summed E-state index contributed by atoms with van der Waals surface area (Å²) in [6.45, 7) is 13.5. The molecule has 0 saturated heterocycles. The van der Waals surface area contributed by atoms with Crippen LogP contribution in [-0.4, -0.2) is 54.3 Å². The number of ether oxygens (including phenoxy) is 4. The highest BCUT2D eigenvalue weighted by atomic mass is 32.1. The number of benzene rings is 1. The Morgan fingerprint density at radius 2 is 1.76 bits per heavy atom.